The highest BCUT2D eigenvalue weighted by molar-refractivity contribution is 7.84. The first-order valence-electron chi connectivity index (χ1n) is 6.86. The molecule has 1 heterocycles. The first kappa shape index (κ1) is 15.1. The van der Waals surface area contributed by atoms with E-state index < -0.39 is 10.8 Å². The minimum atomic E-state index is -0.675. The lowest BCUT2D eigenvalue weighted by atomic mass is 9.88. The monoisotopic (exact) mass is 260 g/mol. The number of nitrogens with one attached hydrogen (secondary N) is 1. The molecule has 0 spiro atoms. The van der Waals surface area contributed by atoms with Crippen LogP contribution >= 0.6 is 0 Å². The second-order valence-electron chi connectivity index (χ2n) is 5.18. The number of piperazine rings is 1. The third kappa shape index (κ3) is 4.04. The Balaban J connectivity index is 2.63. The molecule has 2 atom stereocenters. The molecule has 0 aromatic heterocycles. The normalized spacial score (nSPS) is 26.9. The molecule has 0 aromatic rings. The predicted octanol–water partition coefficient (Wildman–Crippen LogP) is 1.61. The van der Waals surface area contributed by atoms with Gasteiger partial charge in [0, 0.05) is 54.0 Å². The summed E-state index contributed by atoms with van der Waals surface area (Å²) in [6.07, 6.45) is 5.32. The number of nitrogens with zero attached hydrogens (tertiary/aromatic N) is 1. The van der Waals surface area contributed by atoms with E-state index in [4.69, 9.17) is 0 Å². The quantitative estimate of drug-likeness (QED) is 0.787. The van der Waals surface area contributed by atoms with Gasteiger partial charge in [0.05, 0.1) is 0 Å². The van der Waals surface area contributed by atoms with Crippen LogP contribution < -0.4 is 5.32 Å². The topological polar surface area (TPSA) is 32.3 Å². The smallest absolute Gasteiger partial charge is 0.0359 e. The molecule has 17 heavy (non-hydrogen) atoms. The Bertz CT molecular complexity index is 254. The summed E-state index contributed by atoms with van der Waals surface area (Å²) in [5.41, 5.74) is 0.279. The Morgan fingerprint density at radius 1 is 1.35 bits per heavy atom. The van der Waals surface area contributed by atoms with Gasteiger partial charge in [-0.1, -0.05) is 20.8 Å². The molecule has 4 heteroatoms. The molecule has 0 aromatic carbocycles. The second-order valence-corrected chi connectivity index (χ2v) is 6.73. The SMILES string of the molecule is CCC1CNC(CC)(CC)CN1CCS(C)=O. The molecule has 1 rings (SSSR count). The Labute approximate surface area is 109 Å². The van der Waals surface area contributed by atoms with E-state index in [1.807, 2.05) is 0 Å². The second kappa shape index (κ2) is 6.86. The number of rotatable bonds is 6. The standard InChI is InChI=1S/C13H28N2OS/c1-5-12-10-14-13(6-2,7-3)11-15(12)8-9-17(4)16/h12,14H,5-11H2,1-4H3. The highest BCUT2D eigenvalue weighted by Gasteiger charge is 2.35. The molecule has 1 aliphatic rings. The highest BCUT2D eigenvalue weighted by Crippen LogP contribution is 2.23. The zero-order valence-corrected chi connectivity index (χ0v) is 12.6. The summed E-state index contributed by atoms with van der Waals surface area (Å²) in [7, 11) is -0.675. The van der Waals surface area contributed by atoms with Gasteiger partial charge in [0.25, 0.3) is 0 Å². The van der Waals surface area contributed by atoms with Crippen molar-refractivity contribution in [3.8, 4) is 0 Å². The average molecular weight is 260 g/mol. The summed E-state index contributed by atoms with van der Waals surface area (Å²) in [5.74, 6) is 0.806. The average Bonchev–Trinajstić information content (AvgIpc) is 2.35. The predicted molar refractivity (Wildman–Crippen MR) is 75.9 cm³/mol. The van der Waals surface area contributed by atoms with E-state index in [-0.39, 0.29) is 5.54 Å². The van der Waals surface area contributed by atoms with Crippen molar-refractivity contribution >= 4 is 10.8 Å². The van der Waals surface area contributed by atoms with Gasteiger partial charge in [0.1, 0.15) is 0 Å². The molecule has 1 N–H and O–H groups in total. The number of hydrogen-bond donors (Lipinski definition) is 1. The van der Waals surface area contributed by atoms with Crippen molar-refractivity contribution in [2.75, 3.05) is 31.6 Å². The van der Waals surface area contributed by atoms with Gasteiger partial charge in [-0.25, -0.2) is 0 Å². The zero-order valence-electron chi connectivity index (χ0n) is 11.8. The number of hydrogen-bond acceptors (Lipinski definition) is 3. The largest absolute Gasteiger partial charge is 0.308 e. The van der Waals surface area contributed by atoms with Crippen molar-refractivity contribution in [1.29, 1.82) is 0 Å². The summed E-state index contributed by atoms with van der Waals surface area (Å²) in [6, 6.07) is 0.616. The summed E-state index contributed by atoms with van der Waals surface area (Å²) in [5, 5.41) is 3.73. The Morgan fingerprint density at radius 3 is 2.47 bits per heavy atom. The van der Waals surface area contributed by atoms with E-state index in [0.717, 1.165) is 25.4 Å². The Morgan fingerprint density at radius 2 is 2.00 bits per heavy atom. The fourth-order valence-electron chi connectivity index (χ4n) is 2.67. The van der Waals surface area contributed by atoms with Crippen molar-refractivity contribution in [2.24, 2.45) is 0 Å². The van der Waals surface area contributed by atoms with Crippen LogP contribution in [0, 0.1) is 0 Å². The lowest BCUT2D eigenvalue weighted by Gasteiger charge is -2.47. The molecule has 1 fully saturated rings. The van der Waals surface area contributed by atoms with Gasteiger partial charge in [-0.3, -0.25) is 9.11 Å². The minimum absolute atomic E-state index is 0.279. The maximum atomic E-state index is 11.3. The molecule has 2 unspecified atom stereocenters. The third-order valence-electron chi connectivity index (χ3n) is 4.23. The third-order valence-corrected chi connectivity index (χ3v) is 4.98. The molecular weight excluding hydrogens is 232 g/mol. The van der Waals surface area contributed by atoms with E-state index in [1.54, 1.807) is 6.26 Å². The van der Waals surface area contributed by atoms with E-state index in [1.165, 1.54) is 19.3 Å². The summed E-state index contributed by atoms with van der Waals surface area (Å²) in [4.78, 5) is 2.55. The highest BCUT2D eigenvalue weighted by atomic mass is 32.2. The Kier molecular flexibility index (Phi) is 6.10. The van der Waals surface area contributed by atoms with Crippen LogP contribution in [0.2, 0.25) is 0 Å². The molecule has 3 nitrogen and oxygen atoms in total. The first-order valence-corrected chi connectivity index (χ1v) is 8.58. The first-order chi connectivity index (χ1) is 8.06. The van der Waals surface area contributed by atoms with E-state index in [9.17, 15) is 4.21 Å². The maximum absolute atomic E-state index is 11.3. The van der Waals surface area contributed by atoms with E-state index in [2.05, 4.69) is 31.0 Å². The van der Waals surface area contributed by atoms with Crippen LogP contribution in [-0.4, -0.2) is 52.3 Å². The van der Waals surface area contributed by atoms with Gasteiger partial charge in [0.2, 0.25) is 0 Å². The molecular formula is C13H28N2OS. The summed E-state index contributed by atoms with van der Waals surface area (Å²) in [6.45, 7) is 9.93. The maximum Gasteiger partial charge on any atom is 0.0359 e. The fourth-order valence-corrected chi connectivity index (χ4v) is 3.16. The molecule has 1 saturated heterocycles. The van der Waals surface area contributed by atoms with Crippen LogP contribution in [0.1, 0.15) is 40.0 Å². The van der Waals surface area contributed by atoms with Crippen molar-refractivity contribution in [1.82, 2.24) is 10.2 Å². The van der Waals surface area contributed by atoms with E-state index in [0.29, 0.717) is 6.04 Å². The molecule has 0 saturated carbocycles. The molecule has 1 aliphatic heterocycles. The van der Waals surface area contributed by atoms with Crippen LogP contribution in [0.4, 0.5) is 0 Å². The van der Waals surface area contributed by atoms with Gasteiger partial charge in [-0.15, -0.1) is 0 Å². The van der Waals surface area contributed by atoms with Gasteiger partial charge in [-0.05, 0) is 19.3 Å². The molecule has 0 radical (unpaired) electrons. The summed E-state index contributed by atoms with van der Waals surface area (Å²) >= 11 is 0. The van der Waals surface area contributed by atoms with E-state index >= 15 is 0 Å². The fraction of sp³-hybridized carbons (Fsp3) is 1.00. The zero-order chi connectivity index (χ0) is 12.9. The summed E-state index contributed by atoms with van der Waals surface area (Å²) < 4.78 is 11.3. The molecule has 0 amide bonds. The molecule has 0 aliphatic carbocycles. The van der Waals surface area contributed by atoms with Crippen LogP contribution in [-0.2, 0) is 10.8 Å². The van der Waals surface area contributed by atoms with Gasteiger partial charge < -0.3 is 5.32 Å². The van der Waals surface area contributed by atoms with Crippen molar-refractivity contribution in [2.45, 2.75) is 51.6 Å². The molecule has 102 valence electrons. The minimum Gasteiger partial charge on any atom is -0.308 e. The van der Waals surface area contributed by atoms with Crippen molar-refractivity contribution in [3.05, 3.63) is 0 Å². The van der Waals surface area contributed by atoms with Gasteiger partial charge >= 0.3 is 0 Å². The lowest BCUT2D eigenvalue weighted by Crippen LogP contribution is -2.64. The molecule has 0 bridgehead atoms. The van der Waals surface area contributed by atoms with Crippen molar-refractivity contribution in [3.63, 3.8) is 0 Å². The Hall–Kier alpha value is 0.0700. The lowest BCUT2D eigenvalue weighted by molar-refractivity contribution is 0.0762. The van der Waals surface area contributed by atoms with Gasteiger partial charge in [-0.2, -0.15) is 0 Å². The van der Waals surface area contributed by atoms with Crippen LogP contribution in [0.3, 0.4) is 0 Å². The van der Waals surface area contributed by atoms with Gasteiger partial charge in [0.15, 0.2) is 0 Å². The van der Waals surface area contributed by atoms with Crippen LogP contribution in [0.15, 0.2) is 0 Å². The van der Waals surface area contributed by atoms with Crippen LogP contribution in [0.5, 0.6) is 0 Å². The van der Waals surface area contributed by atoms with Crippen LogP contribution in [0.25, 0.3) is 0 Å². The van der Waals surface area contributed by atoms with Crippen molar-refractivity contribution < 1.29 is 4.21 Å².